The third-order valence-electron chi connectivity index (χ3n) is 4.66. The highest BCUT2D eigenvalue weighted by molar-refractivity contribution is 5.85. The number of nitrogens with one attached hydrogen (secondary N) is 2. The molecule has 0 aromatic heterocycles. The second-order valence-electron chi connectivity index (χ2n) is 6.29. The summed E-state index contributed by atoms with van der Waals surface area (Å²) in [5, 5.41) is 6.37. The molecule has 2 unspecified atom stereocenters. The van der Waals surface area contributed by atoms with E-state index in [0.29, 0.717) is 18.4 Å². The van der Waals surface area contributed by atoms with Crippen LogP contribution in [0.3, 0.4) is 0 Å². The maximum Gasteiger partial charge on any atom is 0.252 e. The molecule has 2 aliphatic heterocycles. The Morgan fingerprint density at radius 1 is 1.45 bits per heavy atom. The molecular formula is C15H28N2O3. The third-order valence-corrected chi connectivity index (χ3v) is 4.66. The number of carbonyl (C=O) groups excluding carboxylic acids is 1. The van der Waals surface area contributed by atoms with Crippen LogP contribution in [-0.2, 0) is 14.3 Å². The van der Waals surface area contributed by atoms with E-state index in [9.17, 15) is 4.79 Å². The van der Waals surface area contributed by atoms with Gasteiger partial charge in [-0.2, -0.15) is 0 Å². The van der Waals surface area contributed by atoms with Gasteiger partial charge in [0, 0.05) is 26.2 Å². The summed E-state index contributed by atoms with van der Waals surface area (Å²) in [5.74, 6) is 0.958. The van der Waals surface area contributed by atoms with E-state index in [1.807, 2.05) is 0 Å². The normalized spacial score (nSPS) is 29.6. The van der Waals surface area contributed by atoms with E-state index in [-0.39, 0.29) is 12.0 Å². The summed E-state index contributed by atoms with van der Waals surface area (Å²) < 4.78 is 11.3. The molecule has 0 spiro atoms. The molecule has 0 bridgehead atoms. The zero-order chi connectivity index (χ0) is 14.6. The monoisotopic (exact) mass is 284 g/mol. The molecule has 0 aromatic rings. The number of hydrogen-bond donors (Lipinski definition) is 2. The highest BCUT2D eigenvalue weighted by atomic mass is 16.5. The van der Waals surface area contributed by atoms with Crippen LogP contribution < -0.4 is 10.6 Å². The zero-order valence-electron chi connectivity index (χ0n) is 12.9. The lowest BCUT2D eigenvalue weighted by molar-refractivity contribution is -0.147. The maximum atomic E-state index is 12.5. The van der Waals surface area contributed by atoms with Crippen LogP contribution in [0.5, 0.6) is 0 Å². The Morgan fingerprint density at radius 2 is 2.15 bits per heavy atom. The van der Waals surface area contributed by atoms with Crippen molar-refractivity contribution in [3.63, 3.8) is 0 Å². The Bertz CT molecular complexity index is 327. The van der Waals surface area contributed by atoms with E-state index in [4.69, 9.17) is 9.47 Å². The van der Waals surface area contributed by atoms with Gasteiger partial charge < -0.3 is 20.1 Å². The average Bonchev–Trinajstić information content (AvgIpc) is 2.94. The topological polar surface area (TPSA) is 59.6 Å². The van der Waals surface area contributed by atoms with Gasteiger partial charge in [0.1, 0.15) is 5.60 Å². The fourth-order valence-corrected chi connectivity index (χ4v) is 3.35. The Balaban J connectivity index is 1.87. The van der Waals surface area contributed by atoms with E-state index in [2.05, 4.69) is 24.5 Å². The van der Waals surface area contributed by atoms with Gasteiger partial charge in [0.25, 0.3) is 5.91 Å². The molecule has 116 valence electrons. The fraction of sp³-hybridized carbons (Fsp3) is 0.933. The minimum atomic E-state index is -0.641. The lowest BCUT2D eigenvalue weighted by Gasteiger charge is -2.35. The Labute approximate surface area is 121 Å². The van der Waals surface area contributed by atoms with E-state index >= 15 is 0 Å². The third kappa shape index (κ3) is 3.32. The number of carbonyl (C=O) groups is 1. The Morgan fingerprint density at radius 3 is 2.75 bits per heavy atom. The summed E-state index contributed by atoms with van der Waals surface area (Å²) in [6.45, 7) is 7.52. The SMILES string of the molecule is COC1(C(=O)NCC2CCOC2C(C)C)CCNCC1. The summed E-state index contributed by atoms with van der Waals surface area (Å²) in [5.41, 5.74) is -0.641. The van der Waals surface area contributed by atoms with Gasteiger partial charge >= 0.3 is 0 Å². The number of methoxy groups -OCH3 is 1. The molecule has 0 radical (unpaired) electrons. The first-order chi connectivity index (χ1) is 9.59. The van der Waals surface area contributed by atoms with Crippen molar-refractivity contribution in [3.05, 3.63) is 0 Å². The first-order valence-electron chi connectivity index (χ1n) is 7.75. The fourth-order valence-electron chi connectivity index (χ4n) is 3.35. The van der Waals surface area contributed by atoms with Crippen LogP contribution in [0, 0.1) is 11.8 Å². The number of piperidine rings is 1. The van der Waals surface area contributed by atoms with Crippen LogP contribution in [0.25, 0.3) is 0 Å². The molecule has 2 rings (SSSR count). The van der Waals surface area contributed by atoms with Crippen molar-refractivity contribution in [2.24, 2.45) is 11.8 Å². The summed E-state index contributed by atoms with van der Waals surface area (Å²) in [4.78, 5) is 12.5. The van der Waals surface area contributed by atoms with Gasteiger partial charge in [0.2, 0.25) is 0 Å². The van der Waals surface area contributed by atoms with Crippen molar-refractivity contribution >= 4 is 5.91 Å². The number of rotatable bonds is 5. The molecule has 2 saturated heterocycles. The predicted molar refractivity (Wildman–Crippen MR) is 77.5 cm³/mol. The molecule has 2 aliphatic rings. The standard InChI is InChI=1S/C15H28N2O3/c1-11(2)13-12(4-9-20-13)10-17-14(18)15(19-3)5-7-16-8-6-15/h11-13,16H,4-10H2,1-3H3,(H,17,18). The van der Waals surface area contributed by atoms with E-state index in [1.165, 1.54) is 0 Å². The van der Waals surface area contributed by atoms with Crippen LogP contribution in [0.1, 0.15) is 33.1 Å². The van der Waals surface area contributed by atoms with Gasteiger partial charge in [-0.15, -0.1) is 0 Å². The van der Waals surface area contributed by atoms with Gasteiger partial charge in [0.15, 0.2) is 0 Å². The summed E-state index contributed by atoms with van der Waals surface area (Å²) in [6.07, 6.45) is 2.78. The van der Waals surface area contributed by atoms with Crippen molar-refractivity contribution in [3.8, 4) is 0 Å². The number of hydrogen-bond acceptors (Lipinski definition) is 4. The molecule has 1 amide bonds. The first-order valence-corrected chi connectivity index (χ1v) is 7.75. The molecule has 0 saturated carbocycles. The summed E-state index contributed by atoms with van der Waals surface area (Å²) in [7, 11) is 1.64. The van der Waals surface area contributed by atoms with Gasteiger partial charge in [0.05, 0.1) is 6.10 Å². The van der Waals surface area contributed by atoms with E-state index in [1.54, 1.807) is 7.11 Å². The molecule has 5 nitrogen and oxygen atoms in total. The molecule has 2 atom stereocenters. The number of amides is 1. The van der Waals surface area contributed by atoms with E-state index in [0.717, 1.165) is 39.0 Å². The zero-order valence-corrected chi connectivity index (χ0v) is 12.9. The first kappa shape index (κ1) is 15.7. The smallest absolute Gasteiger partial charge is 0.252 e. The maximum absolute atomic E-state index is 12.5. The lowest BCUT2D eigenvalue weighted by atomic mass is 9.89. The van der Waals surface area contributed by atoms with Crippen LogP contribution in [0.15, 0.2) is 0 Å². The highest BCUT2D eigenvalue weighted by Gasteiger charge is 2.40. The van der Waals surface area contributed by atoms with Crippen molar-refractivity contribution in [2.75, 3.05) is 33.4 Å². The van der Waals surface area contributed by atoms with Gasteiger partial charge in [-0.05, 0) is 38.3 Å². The van der Waals surface area contributed by atoms with Crippen molar-refractivity contribution in [2.45, 2.75) is 44.8 Å². The summed E-state index contributed by atoms with van der Waals surface area (Å²) >= 11 is 0. The molecular weight excluding hydrogens is 256 g/mol. The lowest BCUT2D eigenvalue weighted by Crippen LogP contribution is -2.55. The van der Waals surface area contributed by atoms with Crippen molar-refractivity contribution in [1.29, 1.82) is 0 Å². The van der Waals surface area contributed by atoms with Gasteiger partial charge in [-0.1, -0.05) is 13.8 Å². The minimum Gasteiger partial charge on any atom is -0.378 e. The molecule has 2 N–H and O–H groups in total. The number of ether oxygens (including phenoxy) is 2. The van der Waals surface area contributed by atoms with Crippen molar-refractivity contribution in [1.82, 2.24) is 10.6 Å². The minimum absolute atomic E-state index is 0.0379. The predicted octanol–water partition coefficient (Wildman–Crippen LogP) is 0.932. The molecule has 0 aromatic carbocycles. The second-order valence-corrected chi connectivity index (χ2v) is 6.29. The van der Waals surface area contributed by atoms with Crippen LogP contribution in [-0.4, -0.2) is 51.0 Å². The Kier molecular flexibility index (Phi) is 5.41. The van der Waals surface area contributed by atoms with E-state index < -0.39 is 5.60 Å². The largest absolute Gasteiger partial charge is 0.378 e. The van der Waals surface area contributed by atoms with Crippen LogP contribution in [0.4, 0.5) is 0 Å². The van der Waals surface area contributed by atoms with Crippen LogP contribution >= 0.6 is 0 Å². The average molecular weight is 284 g/mol. The highest BCUT2D eigenvalue weighted by Crippen LogP contribution is 2.27. The molecule has 5 heteroatoms. The van der Waals surface area contributed by atoms with Crippen molar-refractivity contribution < 1.29 is 14.3 Å². The molecule has 0 aliphatic carbocycles. The van der Waals surface area contributed by atoms with Gasteiger partial charge in [-0.25, -0.2) is 0 Å². The Hall–Kier alpha value is -0.650. The molecule has 2 fully saturated rings. The molecule has 2 heterocycles. The summed E-state index contributed by atoms with van der Waals surface area (Å²) in [6, 6.07) is 0. The van der Waals surface area contributed by atoms with Crippen LogP contribution in [0.2, 0.25) is 0 Å². The molecule has 20 heavy (non-hydrogen) atoms. The quantitative estimate of drug-likeness (QED) is 0.788. The van der Waals surface area contributed by atoms with Gasteiger partial charge in [-0.3, -0.25) is 4.79 Å². The second kappa shape index (κ2) is 6.87.